The Labute approximate surface area is 119 Å². The van der Waals surface area contributed by atoms with Crippen LogP contribution in [0.4, 0.5) is 0 Å². The summed E-state index contributed by atoms with van der Waals surface area (Å²) < 4.78 is 5.34. The van der Waals surface area contributed by atoms with E-state index in [4.69, 9.17) is 10.5 Å². The summed E-state index contributed by atoms with van der Waals surface area (Å²) in [6.07, 6.45) is 5.60. The van der Waals surface area contributed by atoms with Gasteiger partial charge in [0.05, 0.1) is 13.2 Å². The number of ether oxygens (including phenoxy) is 1. The molecule has 0 spiro atoms. The van der Waals surface area contributed by atoms with Crippen molar-refractivity contribution < 1.29 is 4.74 Å². The topological polar surface area (TPSA) is 48.1 Å². The highest BCUT2D eigenvalue weighted by atomic mass is 16.5. The first-order valence-electron chi connectivity index (χ1n) is 7.14. The van der Waals surface area contributed by atoms with E-state index in [9.17, 15) is 0 Å². The normalized spacial score (nSPS) is 16.5. The van der Waals surface area contributed by atoms with Gasteiger partial charge in [-0.2, -0.15) is 0 Å². The molecule has 2 aromatic rings. The molecule has 1 aliphatic rings. The lowest BCUT2D eigenvalue weighted by molar-refractivity contribution is 0.389. The van der Waals surface area contributed by atoms with E-state index in [1.807, 2.05) is 12.1 Å². The molecule has 20 heavy (non-hydrogen) atoms. The van der Waals surface area contributed by atoms with Crippen molar-refractivity contribution in [3.63, 3.8) is 0 Å². The fourth-order valence-corrected chi connectivity index (χ4v) is 2.86. The Hall–Kier alpha value is -1.87. The summed E-state index contributed by atoms with van der Waals surface area (Å²) in [6.45, 7) is 0. The predicted octanol–water partition coefficient (Wildman–Crippen LogP) is 3.41. The summed E-state index contributed by atoms with van der Waals surface area (Å²) in [7, 11) is 1.64. The molecule has 1 fully saturated rings. The molecule has 3 rings (SSSR count). The molecule has 1 aromatic heterocycles. The first kappa shape index (κ1) is 13.1. The summed E-state index contributed by atoms with van der Waals surface area (Å²) >= 11 is 0. The molecule has 3 heteroatoms. The van der Waals surface area contributed by atoms with Crippen LogP contribution in [0, 0.1) is 0 Å². The molecule has 1 unspecified atom stereocenters. The average molecular weight is 268 g/mol. The lowest BCUT2D eigenvalue weighted by Gasteiger charge is -2.29. The van der Waals surface area contributed by atoms with Crippen molar-refractivity contribution in [2.75, 3.05) is 7.11 Å². The van der Waals surface area contributed by atoms with E-state index in [-0.39, 0.29) is 6.04 Å². The van der Waals surface area contributed by atoms with E-state index < -0.39 is 0 Å². The van der Waals surface area contributed by atoms with E-state index in [0.29, 0.717) is 11.8 Å². The first-order chi connectivity index (χ1) is 9.81. The van der Waals surface area contributed by atoms with Gasteiger partial charge in [-0.3, -0.25) is 0 Å². The Morgan fingerprint density at radius 1 is 1.15 bits per heavy atom. The zero-order valence-corrected chi connectivity index (χ0v) is 11.8. The fourth-order valence-electron chi connectivity index (χ4n) is 2.86. The average Bonchev–Trinajstić information content (AvgIpc) is 2.45. The summed E-state index contributed by atoms with van der Waals surface area (Å²) in [4.78, 5) is 4.25. The van der Waals surface area contributed by atoms with Gasteiger partial charge in [0, 0.05) is 11.8 Å². The highest BCUT2D eigenvalue weighted by molar-refractivity contribution is 5.42. The Kier molecular flexibility index (Phi) is 3.70. The maximum Gasteiger partial charge on any atom is 0.218 e. The maximum absolute atomic E-state index is 6.49. The number of hydrogen-bond donors (Lipinski definition) is 1. The molecular weight excluding hydrogens is 248 g/mol. The number of methoxy groups -OCH3 is 1. The largest absolute Gasteiger partial charge is 0.481 e. The minimum atomic E-state index is -0.185. The van der Waals surface area contributed by atoms with Gasteiger partial charge in [-0.15, -0.1) is 0 Å². The second-order valence-electron chi connectivity index (χ2n) is 5.34. The summed E-state index contributed by atoms with van der Waals surface area (Å²) in [5, 5.41) is 0. The molecule has 0 bridgehead atoms. The van der Waals surface area contributed by atoms with Crippen LogP contribution in [0.3, 0.4) is 0 Å². The van der Waals surface area contributed by atoms with Gasteiger partial charge in [-0.25, -0.2) is 4.98 Å². The van der Waals surface area contributed by atoms with Gasteiger partial charge in [0.2, 0.25) is 5.88 Å². The van der Waals surface area contributed by atoms with Crippen LogP contribution in [0.2, 0.25) is 0 Å². The minimum absolute atomic E-state index is 0.185. The van der Waals surface area contributed by atoms with Crippen molar-refractivity contribution in [1.82, 2.24) is 4.98 Å². The number of rotatable bonds is 4. The van der Waals surface area contributed by atoms with Crippen LogP contribution in [-0.4, -0.2) is 12.1 Å². The number of aromatic nitrogens is 1. The molecule has 0 amide bonds. The van der Waals surface area contributed by atoms with Gasteiger partial charge in [0.1, 0.15) is 0 Å². The van der Waals surface area contributed by atoms with Gasteiger partial charge in [0.25, 0.3) is 0 Å². The Balaban J connectivity index is 1.99. The Morgan fingerprint density at radius 2 is 1.90 bits per heavy atom. The molecule has 1 heterocycles. The number of hydrogen-bond acceptors (Lipinski definition) is 3. The van der Waals surface area contributed by atoms with Crippen molar-refractivity contribution in [1.29, 1.82) is 0 Å². The van der Waals surface area contributed by atoms with E-state index in [1.54, 1.807) is 13.3 Å². The van der Waals surface area contributed by atoms with Crippen LogP contribution in [-0.2, 0) is 0 Å². The maximum atomic E-state index is 6.49. The summed E-state index contributed by atoms with van der Waals surface area (Å²) in [6, 6.07) is 12.2. The van der Waals surface area contributed by atoms with E-state index >= 15 is 0 Å². The molecule has 0 aliphatic heterocycles. The van der Waals surface area contributed by atoms with Crippen molar-refractivity contribution in [2.45, 2.75) is 31.2 Å². The third kappa shape index (κ3) is 2.29. The number of nitrogens with zero attached hydrogens (tertiary/aromatic N) is 1. The number of benzene rings is 1. The molecule has 1 saturated carbocycles. The van der Waals surface area contributed by atoms with Crippen molar-refractivity contribution >= 4 is 0 Å². The van der Waals surface area contributed by atoms with Crippen LogP contribution < -0.4 is 10.5 Å². The van der Waals surface area contributed by atoms with Gasteiger partial charge >= 0.3 is 0 Å². The van der Waals surface area contributed by atoms with Gasteiger partial charge in [0.15, 0.2) is 0 Å². The second-order valence-corrected chi connectivity index (χ2v) is 5.34. The van der Waals surface area contributed by atoms with Crippen LogP contribution in [0.5, 0.6) is 5.88 Å². The number of nitrogens with two attached hydrogens (primary N) is 1. The molecule has 1 aliphatic carbocycles. The van der Waals surface area contributed by atoms with Crippen molar-refractivity contribution in [3.8, 4) is 5.88 Å². The third-order valence-electron chi connectivity index (χ3n) is 4.21. The molecule has 3 nitrogen and oxygen atoms in total. The highest BCUT2D eigenvalue weighted by Crippen LogP contribution is 2.40. The zero-order valence-electron chi connectivity index (χ0n) is 11.8. The fraction of sp³-hybridized carbons (Fsp3) is 0.353. The smallest absolute Gasteiger partial charge is 0.218 e. The van der Waals surface area contributed by atoms with Crippen LogP contribution in [0.1, 0.15) is 47.9 Å². The SMILES string of the molecule is COc1ncccc1C(N)c1ccccc1C1CCC1. The standard InChI is InChI=1S/C17H20N2O/c1-20-17-15(10-5-11-19-17)16(18)14-9-3-2-8-13(14)12-6-4-7-12/h2-3,5,8-12,16H,4,6-7,18H2,1H3. The third-order valence-corrected chi connectivity index (χ3v) is 4.21. The lowest BCUT2D eigenvalue weighted by Crippen LogP contribution is -2.19. The predicted molar refractivity (Wildman–Crippen MR) is 79.9 cm³/mol. The molecule has 104 valence electrons. The molecule has 0 saturated heterocycles. The van der Waals surface area contributed by atoms with Crippen molar-refractivity contribution in [3.05, 3.63) is 59.3 Å². The van der Waals surface area contributed by atoms with E-state index in [2.05, 4.69) is 29.2 Å². The number of pyridine rings is 1. The van der Waals surface area contributed by atoms with Crippen LogP contribution in [0.15, 0.2) is 42.6 Å². The Bertz CT molecular complexity index is 593. The second kappa shape index (κ2) is 5.63. The van der Waals surface area contributed by atoms with Crippen molar-refractivity contribution in [2.24, 2.45) is 5.73 Å². The van der Waals surface area contributed by atoms with Gasteiger partial charge in [-0.05, 0) is 36.0 Å². The summed E-state index contributed by atoms with van der Waals surface area (Å²) in [5.74, 6) is 1.28. The van der Waals surface area contributed by atoms with Gasteiger partial charge < -0.3 is 10.5 Å². The molecule has 1 aromatic carbocycles. The molecule has 1 atom stereocenters. The Morgan fingerprint density at radius 3 is 2.60 bits per heavy atom. The highest BCUT2D eigenvalue weighted by Gasteiger charge is 2.25. The minimum Gasteiger partial charge on any atom is -0.481 e. The lowest BCUT2D eigenvalue weighted by atomic mass is 9.76. The molecule has 0 radical (unpaired) electrons. The first-order valence-corrected chi connectivity index (χ1v) is 7.14. The van der Waals surface area contributed by atoms with Gasteiger partial charge in [-0.1, -0.05) is 36.8 Å². The summed E-state index contributed by atoms with van der Waals surface area (Å²) in [5.41, 5.74) is 10.0. The molecule has 2 N–H and O–H groups in total. The van der Waals surface area contributed by atoms with E-state index in [0.717, 1.165) is 5.56 Å². The van der Waals surface area contributed by atoms with Crippen LogP contribution in [0.25, 0.3) is 0 Å². The quantitative estimate of drug-likeness (QED) is 0.924. The van der Waals surface area contributed by atoms with Crippen LogP contribution >= 0.6 is 0 Å². The molecular formula is C17H20N2O. The monoisotopic (exact) mass is 268 g/mol. The zero-order chi connectivity index (χ0) is 13.9. The van der Waals surface area contributed by atoms with E-state index in [1.165, 1.54) is 30.4 Å².